The minimum absolute atomic E-state index is 0.00394. The molecule has 0 radical (unpaired) electrons. The first-order valence-electron chi connectivity index (χ1n) is 15.5. The highest BCUT2D eigenvalue weighted by atomic mass is 32.2. The number of aromatic nitrogens is 4. The molecular formula is C25H39N7O17P3S-3. The van der Waals surface area contributed by atoms with Crippen molar-refractivity contribution in [3.05, 3.63) is 12.7 Å². The van der Waals surface area contributed by atoms with Crippen molar-refractivity contribution in [2.75, 3.05) is 37.8 Å². The minimum Gasteiger partial charge on any atom is -0.756 e. The van der Waals surface area contributed by atoms with Gasteiger partial charge < -0.3 is 64.5 Å². The average Bonchev–Trinajstić information content (AvgIpc) is 3.61. The Bertz CT molecular complexity index is 1750. The van der Waals surface area contributed by atoms with Crippen molar-refractivity contribution in [1.29, 1.82) is 0 Å². The lowest BCUT2D eigenvalue weighted by Gasteiger charge is -2.35. The number of phosphoric ester groups is 3. The summed E-state index contributed by atoms with van der Waals surface area (Å²) in [6.45, 7) is 2.06. The number of aliphatic hydroxyl groups is 2. The number of carbonyl (C=O) groups excluding carboxylic acids is 3. The lowest BCUT2D eigenvalue weighted by atomic mass is 9.87. The number of imidazole rings is 1. The number of anilines is 1. The molecule has 300 valence electrons. The van der Waals surface area contributed by atoms with Gasteiger partial charge in [-0.1, -0.05) is 32.5 Å². The third-order valence-electron chi connectivity index (χ3n) is 7.20. The van der Waals surface area contributed by atoms with E-state index in [2.05, 4.69) is 43.5 Å². The molecule has 3 heterocycles. The van der Waals surface area contributed by atoms with Crippen LogP contribution in [0.5, 0.6) is 0 Å². The fourth-order valence-electron chi connectivity index (χ4n) is 4.55. The summed E-state index contributed by atoms with van der Waals surface area (Å²) in [6.07, 6.45) is -6.21. The van der Waals surface area contributed by atoms with Crippen LogP contribution in [0.4, 0.5) is 5.82 Å². The lowest BCUT2D eigenvalue weighted by molar-refractivity contribution is -0.247. The number of ether oxygens (including phenoxy) is 1. The Morgan fingerprint density at radius 1 is 1.09 bits per heavy atom. The van der Waals surface area contributed by atoms with Crippen LogP contribution in [0.25, 0.3) is 11.2 Å². The first-order valence-corrected chi connectivity index (χ1v) is 21.0. The van der Waals surface area contributed by atoms with E-state index >= 15 is 0 Å². The average molecular weight is 835 g/mol. The predicted octanol–water partition coefficient (Wildman–Crippen LogP) is -2.43. The normalized spacial score (nSPS) is 23.1. The zero-order valence-electron chi connectivity index (χ0n) is 28.4. The Balaban J connectivity index is 1.52. The molecule has 0 spiro atoms. The summed E-state index contributed by atoms with van der Waals surface area (Å²) in [4.78, 5) is 93.2. The fourth-order valence-corrected chi connectivity index (χ4v) is 8.08. The Kier molecular flexibility index (Phi) is 16.1. The standard InChI is InChI=1S/C25H42N7O17P3S/c1-4-5-16(34)53-9-8-27-15(33)6-7-28-23(37)20(36)25(2,3)11-46-52(43,44)49-51(41,42)45-10-14-19(48-50(38,39)40)18(35)24(47-14)32-13-31-17-21(26)29-12-30-22(17)32/h12-14,18-20,24,35-36H,4-11H2,1-3H3,(H,27,33)(H,28,37)(H,41,42)(H,43,44)(H2,26,29,30)(H2,38,39,40)/p-3. The van der Waals surface area contributed by atoms with Crippen molar-refractivity contribution in [3.63, 3.8) is 0 Å². The van der Waals surface area contributed by atoms with Crippen molar-refractivity contribution in [2.45, 2.75) is 70.7 Å². The molecular weight excluding hydrogens is 795 g/mol. The third kappa shape index (κ3) is 13.7. The van der Waals surface area contributed by atoms with Crippen LogP contribution in [0.3, 0.4) is 0 Å². The summed E-state index contributed by atoms with van der Waals surface area (Å²) in [7, 11) is -17.3. The number of fused-ring (bicyclic) bond motifs is 1. The molecule has 2 amide bonds. The van der Waals surface area contributed by atoms with Crippen molar-refractivity contribution >= 4 is 69.1 Å². The highest BCUT2D eigenvalue weighted by Gasteiger charge is 2.48. The largest absolute Gasteiger partial charge is 0.756 e. The second-order valence-corrected chi connectivity index (χ2v) is 17.2. The maximum Gasteiger partial charge on any atom is 0.274 e. The number of hydrogen-bond acceptors (Lipinski definition) is 21. The van der Waals surface area contributed by atoms with Gasteiger partial charge >= 0.3 is 0 Å². The van der Waals surface area contributed by atoms with Gasteiger partial charge in [0.25, 0.3) is 23.5 Å². The van der Waals surface area contributed by atoms with Crippen LogP contribution in [0, 0.1) is 5.41 Å². The number of amides is 2. The lowest BCUT2D eigenvalue weighted by Crippen LogP contribution is -2.46. The SMILES string of the molecule is CCCC(=O)SCCNC(=O)CCNC(=O)C(O)C(C)(C)COP(=O)([O-])OP(=O)([O-])OCC1OC(n2cnc3c(N)ncnc32)C(O)C1OP(=O)([O-])O. The fraction of sp³-hybridized carbons (Fsp3) is 0.680. The van der Waals surface area contributed by atoms with Gasteiger partial charge in [-0.3, -0.25) is 32.6 Å². The number of carbonyl (C=O) groups is 3. The molecule has 0 aromatic carbocycles. The van der Waals surface area contributed by atoms with Gasteiger partial charge in [-0.05, 0) is 6.42 Å². The highest BCUT2D eigenvalue weighted by Crippen LogP contribution is 2.56. The van der Waals surface area contributed by atoms with Crippen LogP contribution in [-0.4, -0.2) is 108 Å². The van der Waals surface area contributed by atoms with Gasteiger partial charge in [0.2, 0.25) is 11.8 Å². The molecule has 53 heavy (non-hydrogen) atoms. The van der Waals surface area contributed by atoms with E-state index in [4.69, 9.17) is 10.5 Å². The maximum absolute atomic E-state index is 12.5. The maximum atomic E-state index is 12.5. The predicted molar refractivity (Wildman–Crippen MR) is 175 cm³/mol. The van der Waals surface area contributed by atoms with E-state index in [1.54, 1.807) is 0 Å². The van der Waals surface area contributed by atoms with E-state index in [1.165, 1.54) is 13.8 Å². The first kappa shape index (κ1) is 45.0. The number of nitrogens with one attached hydrogen (secondary N) is 2. The number of nitrogens with two attached hydrogens (primary N) is 1. The molecule has 1 aliphatic rings. The number of nitrogens with zero attached hydrogens (tertiary/aromatic N) is 4. The Morgan fingerprint density at radius 3 is 2.43 bits per heavy atom. The van der Waals surface area contributed by atoms with E-state index in [-0.39, 0.29) is 41.6 Å². The van der Waals surface area contributed by atoms with Crippen molar-refractivity contribution in [2.24, 2.45) is 5.41 Å². The van der Waals surface area contributed by atoms with Crippen molar-refractivity contribution in [1.82, 2.24) is 30.2 Å². The molecule has 3 rings (SSSR count). The zero-order valence-corrected chi connectivity index (χ0v) is 31.9. The summed E-state index contributed by atoms with van der Waals surface area (Å²) in [5, 5.41) is 26.1. The van der Waals surface area contributed by atoms with Crippen LogP contribution in [-0.2, 0) is 50.7 Å². The molecule has 28 heteroatoms. The number of nitrogen functional groups attached to an aromatic ring is 1. The Hall–Kier alpha value is -2.44. The van der Waals surface area contributed by atoms with Gasteiger partial charge in [-0.15, -0.1) is 0 Å². The van der Waals surface area contributed by atoms with E-state index in [0.29, 0.717) is 18.6 Å². The van der Waals surface area contributed by atoms with E-state index in [0.717, 1.165) is 29.0 Å². The quantitative estimate of drug-likeness (QED) is 0.0562. The molecule has 0 saturated carbocycles. The number of thioether (sulfide) groups is 1. The summed E-state index contributed by atoms with van der Waals surface area (Å²) in [5.41, 5.74) is 4.11. The van der Waals surface area contributed by atoms with Gasteiger partial charge in [-0.25, -0.2) is 19.3 Å². The molecule has 8 atom stereocenters. The summed E-state index contributed by atoms with van der Waals surface area (Å²) >= 11 is 1.08. The van der Waals surface area contributed by atoms with Crippen LogP contribution in [0.1, 0.15) is 46.3 Å². The van der Waals surface area contributed by atoms with Gasteiger partial charge in [-0.2, -0.15) is 0 Å². The van der Waals surface area contributed by atoms with Crippen LogP contribution < -0.4 is 31.0 Å². The van der Waals surface area contributed by atoms with Gasteiger partial charge in [0.1, 0.15) is 36.3 Å². The Labute approximate surface area is 306 Å². The number of aliphatic hydroxyl groups excluding tert-OH is 2. The van der Waals surface area contributed by atoms with Gasteiger partial charge in [0, 0.05) is 37.1 Å². The molecule has 1 fully saturated rings. The molecule has 0 bridgehead atoms. The number of phosphoric acid groups is 3. The minimum atomic E-state index is -5.89. The molecule has 1 saturated heterocycles. The Morgan fingerprint density at radius 2 is 1.77 bits per heavy atom. The topological polar surface area (TPSA) is 372 Å². The molecule has 2 aromatic heterocycles. The summed E-state index contributed by atoms with van der Waals surface area (Å²) < 4.78 is 60.7. The molecule has 0 aliphatic carbocycles. The van der Waals surface area contributed by atoms with Crippen LogP contribution in [0.2, 0.25) is 0 Å². The molecule has 1 aliphatic heterocycles. The molecule has 7 N–H and O–H groups in total. The second-order valence-electron chi connectivity index (χ2n) is 12.0. The second kappa shape index (κ2) is 18.9. The van der Waals surface area contributed by atoms with Gasteiger partial charge in [0.05, 0.1) is 19.5 Å². The monoisotopic (exact) mass is 834 g/mol. The third-order valence-corrected chi connectivity index (χ3v) is 11.2. The van der Waals surface area contributed by atoms with E-state index < -0.39 is 84.6 Å². The number of hydrogen-bond donors (Lipinski definition) is 6. The van der Waals surface area contributed by atoms with Crippen molar-refractivity contribution < 1.29 is 80.5 Å². The van der Waals surface area contributed by atoms with Gasteiger partial charge in [0.15, 0.2) is 22.8 Å². The highest BCUT2D eigenvalue weighted by molar-refractivity contribution is 8.13. The first-order chi connectivity index (χ1) is 24.6. The van der Waals surface area contributed by atoms with Crippen LogP contribution >= 0.6 is 35.2 Å². The zero-order chi connectivity index (χ0) is 39.8. The molecule has 24 nitrogen and oxygen atoms in total. The molecule has 8 unspecified atom stereocenters. The smallest absolute Gasteiger partial charge is 0.274 e. The summed E-state index contributed by atoms with van der Waals surface area (Å²) in [6, 6.07) is 0. The van der Waals surface area contributed by atoms with Crippen LogP contribution in [0.15, 0.2) is 12.7 Å². The molecule has 2 aromatic rings. The summed E-state index contributed by atoms with van der Waals surface area (Å²) in [5.74, 6) is -1.14. The van der Waals surface area contributed by atoms with E-state index in [1.807, 2.05) is 6.92 Å². The van der Waals surface area contributed by atoms with E-state index in [9.17, 15) is 57.9 Å². The van der Waals surface area contributed by atoms with Crippen molar-refractivity contribution in [3.8, 4) is 0 Å². The number of rotatable bonds is 21.